The zero-order valence-corrected chi connectivity index (χ0v) is 13.0. The van der Waals surface area contributed by atoms with E-state index in [1.54, 1.807) is 0 Å². The Labute approximate surface area is 115 Å². The zero-order chi connectivity index (χ0) is 13.4. The molecule has 2 N–H and O–H groups in total. The molecule has 1 aliphatic carbocycles. The molecular formula is C17H35N. The number of rotatable bonds is 7. The Morgan fingerprint density at radius 1 is 1.17 bits per heavy atom. The van der Waals surface area contributed by atoms with Crippen molar-refractivity contribution < 1.29 is 0 Å². The predicted octanol–water partition coefficient (Wildman–Crippen LogP) is 5.28. The summed E-state index contributed by atoms with van der Waals surface area (Å²) in [6, 6.07) is 0. The van der Waals surface area contributed by atoms with Crippen LogP contribution in [0.25, 0.3) is 0 Å². The minimum absolute atomic E-state index is 0.165. The van der Waals surface area contributed by atoms with Crippen LogP contribution in [-0.2, 0) is 0 Å². The summed E-state index contributed by atoms with van der Waals surface area (Å²) in [6.45, 7) is 6.97. The molecule has 0 amide bonds. The molecule has 0 aromatic carbocycles. The second-order valence-corrected chi connectivity index (χ2v) is 6.69. The fraction of sp³-hybridized carbons (Fsp3) is 1.00. The van der Waals surface area contributed by atoms with Gasteiger partial charge in [-0.15, -0.1) is 0 Å². The largest absolute Gasteiger partial charge is 0.325 e. The Hall–Kier alpha value is -0.0400. The standard InChI is InChI=1S/C17H35N/c1-4-7-9-16(6-3)14-17(18)12-8-10-15(5-2)11-13-17/h15-16H,4-14,18H2,1-3H3. The normalized spacial score (nSPS) is 31.0. The highest BCUT2D eigenvalue weighted by molar-refractivity contribution is 4.89. The second kappa shape index (κ2) is 8.19. The average Bonchev–Trinajstić information content (AvgIpc) is 2.56. The SMILES string of the molecule is CCCCC(CC)CC1(N)CCCC(CC)CC1. The first kappa shape index (κ1) is 16.0. The van der Waals surface area contributed by atoms with E-state index < -0.39 is 0 Å². The van der Waals surface area contributed by atoms with Crippen molar-refractivity contribution in [2.45, 2.75) is 96.9 Å². The highest BCUT2D eigenvalue weighted by Crippen LogP contribution is 2.35. The first-order valence-corrected chi connectivity index (χ1v) is 8.42. The van der Waals surface area contributed by atoms with Gasteiger partial charge in [-0.1, -0.05) is 65.7 Å². The van der Waals surface area contributed by atoms with Crippen molar-refractivity contribution in [3.05, 3.63) is 0 Å². The molecule has 0 radical (unpaired) electrons. The number of hydrogen-bond acceptors (Lipinski definition) is 1. The van der Waals surface area contributed by atoms with Gasteiger partial charge in [0, 0.05) is 5.54 Å². The third kappa shape index (κ3) is 5.30. The van der Waals surface area contributed by atoms with E-state index in [9.17, 15) is 0 Å². The first-order valence-electron chi connectivity index (χ1n) is 8.42. The van der Waals surface area contributed by atoms with E-state index in [4.69, 9.17) is 5.73 Å². The van der Waals surface area contributed by atoms with E-state index in [-0.39, 0.29) is 5.54 Å². The van der Waals surface area contributed by atoms with Gasteiger partial charge in [-0.25, -0.2) is 0 Å². The van der Waals surface area contributed by atoms with E-state index >= 15 is 0 Å². The summed E-state index contributed by atoms with van der Waals surface area (Å²) >= 11 is 0. The molecule has 3 atom stereocenters. The Morgan fingerprint density at radius 2 is 1.94 bits per heavy atom. The van der Waals surface area contributed by atoms with Gasteiger partial charge in [0.05, 0.1) is 0 Å². The van der Waals surface area contributed by atoms with E-state index in [1.165, 1.54) is 70.6 Å². The van der Waals surface area contributed by atoms with Crippen LogP contribution < -0.4 is 5.73 Å². The van der Waals surface area contributed by atoms with Crippen LogP contribution in [0.5, 0.6) is 0 Å². The van der Waals surface area contributed by atoms with E-state index in [0.29, 0.717) is 0 Å². The van der Waals surface area contributed by atoms with Gasteiger partial charge in [-0.05, 0) is 37.5 Å². The van der Waals surface area contributed by atoms with Crippen LogP contribution in [0.3, 0.4) is 0 Å². The van der Waals surface area contributed by atoms with Crippen LogP contribution in [0.2, 0.25) is 0 Å². The Balaban J connectivity index is 2.46. The molecule has 3 unspecified atom stereocenters. The van der Waals surface area contributed by atoms with Crippen molar-refractivity contribution in [2.75, 3.05) is 0 Å². The second-order valence-electron chi connectivity index (χ2n) is 6.69. The van der Waals surface area contributed by atoms with Gasteiger partial charge >= 0.3 is 0 Å². The van der Waals surface area contributed by atoms with Gasteiger partial charge < -0.3 is 5.73 Å². The monoisotopic (exact) mass is 253 g/mol. The molecule has 1 aliphatic rings. The van der Waals surface area contributed by atoms with E-state index in [0.717, 1.165) is 11.8 Å². The van der Waals surface area contributed by atoms with E-state index in [1.807, 2.05) is 0 Å². The summed E-state index contributed by atoms with van der Waals surface area (Å²) in [5.41, 5.74) is 6.89. The third-order valence-electron chi connectivity index (χ3n) is 5.15. The van der Waals surface area contributed by atoms with Crippen LogP contribution >= 0.6 is 0 Å². The fourth-order valence-corrected chi connectivity index (χ4v) is 3.63. The van der Waals surface area contributed by atoms with Gasteiger partial charge in [-0.2, -0.15) is 0 Å². The molecule has 0 aromatic heterocycles. The predicted molar refractivity (Wildman–Crippen MR) is 81.7 cm³/mol. The topological polar surface area (TPSA) is 26.0 Å². The van der Waals surface area contributed by atoms with Crippen molar-refractivity contribution >= 4 is 0 Å². The Kier molecular flexibility index (Phi) is 7.29. The highest BCUT2D eigenvalue weighted by Gasteiger charge is 2.30. The van der Waals surface area contributed by atoms with Gasteiger partial charge in [0.1, 0.15) is 0 Å². The van der Waals surface area contributed by atoms with Crippen LogP contribution in [-0.4, -0.2) is 5.54 Å². The maximum atomic E-state index is 6.72. The summed E-state index contributed by atoms with van der Waals surface area (Å²) in [4.78, 5) is 0. The molecule has 1 rings (SSSR count). The zero-order valence-electron chi connectivity index (χ0n) is 13.0. The lowest BCUT2D eigenvalue weighted by Gasteiger charge is -2.32. The lowest BCUT2D eigenvalue weighted by molar-refractivity contribution is 0.262. The molecule has 0 bridgehead atoms. The molecule has 18 heavy (non-hydrogen) atoms. The van der Waals surface area contributed by atoms with Crippen LogP contribution in [0.4, 0.5) is 0 Å². The van der Waals surface area contributed by atoms with Crippen molar-refractivity contribution in [3.63, 3.8) is 0 Å². The van der Waals surface area contributed by atoms with Gasteiger partial charge in [0.2, 0.25) is 0 Å². The molecule has 1 saturated carbocycles. The number of unbranched alkanes of at least 4 members (excludes halogenated alkanes) is 1. The van der Waals surface area contributed by atoms with Gasteiger partial charge in [0.25, 0.3) is 0 Å². The van der Waals surface area contributed by atoms with Crippen LogP contribution in [0.1, 0.15) is 91.4 Å². The first-order chi connectivity index (χ1) is 8.63. The minimum Gasteiger partial charge on any atom is -0.325 e. The summed E-state index contributed by atoms with van der Waals surface area (Å²) in [5.74, 6) is 1.82. The van der Waals surface area contributed by atoms with Crippen LogP contribution in [0, 0.1) is 11.8 Å². The van der Waals surface area contributed by atoms with Crippen LogP contribution in [0.15, 0.2) is 0 Å². The average molecular weight is 253 g/mol. The molecule has 0 heterocycles. The van der Waals surface area contributed by atoms with Crippen molar-refractivity contribution in [1.82, 2.24) is 0 Å². The lowest BCUT2D eigenvalue weighted by atomic mass is 9.79. The number of nitrogens with two attached hydrogens (primary N) is 1. The summed E-state index contributed by atoms with van der Waals surface area (Å²) in [7, 11) is 0. The molecule has 0 spiro atoms. The minimum atomic E-state index is 0.165. The molecule has 1 fully saturated rings. The number of hydrogen-bond donors (Lipinski definition) is 1. The maximum Gasteiger partial charge on any atom is 0.0157 e. The summed E-state index contributed by atoms with van der Waals surface area (Å²) in [6.07, 6.45) is 14.7. The fourth-order valence-electron chi connectivity index (χ4n) is 3.63. The van der Waals surface area contributed by atoms with Gasteiger partial charge in [-0.3, -0.25) is 0 Å². The smallest absolute Gasteiger partial charge is 0.0157 e. The molecule has 0 aliphatic heterocycles. The molecule has 0 aromatic rings. The van der Waals surface area contributed by atoms with Crippen molar-refractivity contribution in [2.24, 2.45) is 17.6 Å². The molecule has 108 valence electrons. The van der Waals surface area contributed by atoms with Crippen molar-refractivity contribution in [3.8, 4) is 0 Å². The molecule has 0 saturated heterocycles. The Morgan fingerprint density at radius 3 is 2.56 bits per heavy atom. The lowest BCUT2D eigenvalue weighted by Crippen LogP contribution is -2.41. The summed E-state index contributed by atoms with van der Waals surface area (Å²) in [5, 5.41) is 0. The molecular weight excluding hydrogens is 218 g/mol. The quantitative estimate of drug-likeness (QED) is 0.614. The van der Waals surface area contributed by atoms with Crippen molar-refractivity contribution in [1.29, 1.82) is 0 Å². The van der Waals surface area contributed by atoms with E-state index in [2.05, 4.69) is 20.8 Å². The summed E-state index contributed by atoms with van der Waals surface area (Å²) < 4.78 is 0. The third-order valence-corrected chi connectivity index (χ3v) is 5.15. The van der Waals surface area contributed by atoms with Gasteiger partial charge in [0.15, 0.2) is 0 Å². The highest BCUT2D eigenvalue weighted by atomic mass is 14.7. The maximum absolute atomic E-state index is 6.72. The molecule has 1 heteroatoms. The Bertz CT molecular complexity index is 214. The molecule has 1 nitrogen and oxygen atoms in total.